The van der Waals surface area contributed by atoms with Crippen LogP contribution in [0.3, 0.4) is 0 Å². The number of amides is 1. The maximum Gasteiger partial charge on any atom is 0.326 e. The third-order valence-corrected chi connectivity index (χ3v) is 6.77. The van der Waals surface area contributed by atoms with Crippen LogP contribution >= 0.6 is 0 Å². The average Bonchev–Trinajstić information content (AvgIpc) is 2.99. The van der Waals surface area contributed by atoms with Crippen LogP contribution in [0.2, 0.25) is 0 Å². The Kier molecular flexibility index (Phi) is 7.78. The predicted octanol–water partition coefficient (Wildman–Crippen LogP) is 5.43. The van der Waals surface area contributed by atoms with Gasteiger partial charge in [0.25, 0.3) is 5.91 Å². The smallest absolute Gasteiger partial charge is 0.326 e. The molecule has 1 aliphatic heterocycles. The first-order chi connectivity index (χ1) is 19.0. The van der Waals surface area contributed by atoms with Crippen molar-refractivity contribution >= 4 is 11.9 Å². The number of methoxy groups -OCH3 is 1. The van der Waals surface area contributed by atoms with Gasteiger partial charge in [0, 0.05) is 24.1 Å². The molecule has 2 unspecified atom stereocenters. The molecule has 7 heteroatoms. The molecular formula is C32H29NO6. The Morgan fingerprint density at radius 3 is 2.18 bits per heavy atom. The lowest BCUT2D eigenvalue weighted by Gasteiger charge is -2.37. The number of nitrogens with zero attached hydrogens (tertiary/aromatic N) is 1. The maximum atomic E-state index is 14.0. The highest BCUT2D eigenvalue weighted by atomic mass is 16.5. The van der Waals surface area contributed by atoms with Gasteiger partial charge in [0.05, 0.1) is 7.11 Å². The quantitative estimate of drug-likeness (QED) is 0.315. The molecule has 1 heterocycles. The van der Waals surface area contributed by atoms with Gasteiger partial charge in [0.1, 0.15) is 18.4 Å². The fourth-order valence-corrected chi connectivity index (χ4v) is 4.79. The second-order valence-corrected chi connectivity index (χ2v) is 9.25. The van der Waals surface area contributed by atoms with Crippen LogP contribution in [-0.2, 0) is 29.2 Å². The van der Waals surface area contributed by atoms with Crippen molar-refractivity contribution in [2.24, 2.45) is 0 Å². The minimum absolute atomic E-state index is 0.0740. The highest BCUT2D eigenvalue weighted by Gasteiger charge is 2.40. The van der Waals surface area contributed by atoms with Crippen LogP contribution in [0.1, 0.15) is 28.4 Å². The molecule has 2 atom stereocenters. The first-order valence-electron chi connectivity index (χ1n) is 12.7. The van der Waals surface area contributed by atoms with Crippen LogP contribution in [0, 0.1) is 0 Å². The molecule has 0 fully saturated rings. The molecular weight excluding hydrogens is 494 g/mol. The second kappa shape index (κ2) is 11.7. The van der Waals surface area contributed by atoms with E-state index >= 15 is 0 Å². The molecule has 1 N–H and O–H groups in total. The van der Waals surface area contributed by atoms with Crippen molar-refractivity contribution < 1.29 is 28.9 Å². The Morgan fingerprint density at radius 1 is 0.897 bits per heavy atom. The summed E-state index contributed by atoms with van der Waals surface area (Å²) < 4.78 is 17.9. The van der Waals surface area contributed by atoms with Gasteiger partial charge >= 0.3 is 5.97 Å². The van der Waals surface area contributed by atoms with Gasteiger partial charge in [0.2, 0.25) is 6.10 Å². The van der Waals surface area contributed by atoms with E-state index in [1.807, 2.05) is 72.8 Å². The number of carboxylic acids is 1. The number of para-hydroxylation sites is 1. The van der Waals surface area contributed by atoms with E-state index in [0.29, 0.717) is 29.4 Å². The number of rotatable bonds is 9. The van der Waals surface area contributed by atoms with Crippen LogP contribution in [0.4, 0.5) is 0 Å². The summed E-state index contributed by atoms with van der Waals surface area (Å²) in [4.78, 5) is 28.0. The van der Waals surface area contributed by atoms with Crippen LogP contribution < -0.4 is 14.2 Å². The molecule has 0 spiro atoms. The number of benzene rings is 4. The van der Waals surface area contributed by atoms with Gasteiger partial charge in [-0.25, -0.2) is 4.79 Å². The largest absolute Gasteiger partial charge is 0.493 e. The average molecular weight is 524 g/mol. The summed E-state index contributed by atoms with van der Waals surface area (Å²) in [7, 11) is 1.55. The minimum Gasteiger partial charge on any atom is -0.493 e. The van der Waals surface area contributed by atoms with Crippen LogP contribution in [-0.4, -0.2) is 35.0 Å². The van der Waals surface area contributed by atoms with Crippen LogP contribution in [0.15, 0.2) is 103 Å². The lowest BCUT2D eigenvalue weighted by molar-refractivity contribution is -0.155. The predicted molar refractivity (Wildman–Crippen MR) is 146 cm³/mol. The molecule has 7 nitrogen and oxygen atoms in total. The third-order valence-electron chi connectivity index (χ3n) is 6.77. The molecule has 1 amide bonds. The van der Waals surface area contributed by atoms with Gasteiger partial charge in [-0.3, -0.25) is 4.79 Å². The Labute approximate surface area is 227 Å². The van der Waals surface area contributed by atoms with E-state index in [1.165, 1.54) is 4.90 Å². The van der Waals surface area contributed by atoms with Gasteiger partial charge in [-0.15, -0.1) is 0 Å². The normalized spacial score (nSPS) is 15.1. The maximum absolute atomic E-state index is 14.0. The highest BCUT2D eigenvalue weighted by Crippen LogP contribution is 2.39. The summed E-state index contributed by atoms with van der Waals surface area (Å²) in [6.45, 7) is 0.396. The molecule has 4 aromatic carbocycles. The first kappa shape index (κ1) is 25.9. The molecule has 5 rings (SSSR count). The summed E-state index contributed by atoms with van der Waals surface area (Å²) in [5.74, 6) is 0.00821. The van der Waals surface area contributed by atoms with Crippen molar-refractivity contribution in [3.8, 4) is 17.2 Å². The Balaban J connectivity index is 1.48. The molecule has 0 saturated heterocycles. The Morgan fingerprint density at radius 2 is 1.54 bits per heavy atom. The zero-order chi connectivity index (χ0) is 27.2. The zero-order valence-corrected chi connectivity index (χ0v) is 21.5. The number of fused-ring (bicyclic) bond motifs is 1. The molecule has 39 heavy (non-hydrogen) atoms. The van der Waals surface area contributed by atoms with Crippen molar-refractivity contribution in [3.05, 3.63) is 125 Å². The highest BCUT2D eigenvalue weighted by molar-refractivity contribution is 5.88. The van der Waals surface area contributed by atoms with Crippen molar-refractivity contribution in [1.82, 2.24) is 4.90 Å². The molecule has 0 bridgehead atoms. The Bertz CT molecular complexity index is 1430. The summed E-state index contributed by atoms with van der Waals surface area (Å²) in [6, 6.07) is 30.4. The van der Waals surface area contributed by atoms with E-state index in [-0.39, 0.29) is 13.0 Å². The number of hydrogen-bond donors (Lipinski definition) is 1. The standard InChI is InChI=1S/C32H29NO6/c1-37-28-18-17-24-20-33(27(32(35)36)19-26(24)30(28)38-21-22-11-5-2-6-12-22)31(34)29(23-13-7-3-8-14-23)39-25-15-9-4-10-16-25/h2-18,27,29H,19-21H2,1H3,(H,35,36). The third kappa shape index (κ3) is 5.72. The molecule has 0 radical (unpaired) electrons. The number of aliphatic carboxylic acids is 1. The van der Waals surface area contributed by atoms with Gasteiger partial charge < -0.3 is 24.2 Å². The molecule has 4 aromatic rings. The number of carbonyl (C=O) groups is 2. The Hall–Kier alpha value is -4.78. The summed E-state index contributed by atoms with van der Waals surface area (Å²) in [5.41, 5.74) is 3.14. The lowest BCUT2D eigenvalue weighted by Crippen LogP contribution is -2.51. The number of carboxylic acid groups (broad SMARTS) is 1. The molecule has 0 aromatic heterocycles. The summed E-state index contributed by atoms with van der Waals surface area (Å²) in [6.07, 6.45) is -0.936. The van der Waals surface area contributed by atoms with Crippen molar-refractivity contribution in [3.63, 3.8) is 0 Å². The van der Waals surface area contributed by atoms with Crippen LogP contribution in [0.25, 0.3) is 0 Å². The fraction of sp³-hybridized carbons (Fsp3) is 0.188. The second-order valence-electron chi connectivity index (χ2n) is 9.25. The van der Waals surface area contributed by atoms with Gasteiger partial charge in [-0.1, -0.05) is 84.9 Å². The number of hydrogen-bond acceptors (Lipinski definition) is 5. The van der Waals surface area contributed by atoms with Gasteiger partial charge in [-0.05, 0) is 29.3 Å². The number of ether oxygens (including phenoxy) is 3. The molecule has 0 aliphatic carbocycles. The van der Waals surface area contributed by atoms with Crippen molar-refractivity contribution in [2.75, 3.05) is 7.11 Å². The van der Waals surface area contributed by atoms with E-state index in [0.717, 1.165) is 16.7 Å². The summed E-state index contributed by atoms with van der Waals surface area (Å²) in [5, 5.41) is 10.2. The fourth-order valence-electron chi connectivity index (χ4n) is 4.79. The SMILES string of the molecule is COc1ccc2c(c1OCc1ccccc1)CC(C(=O)O)N(C(=O)C(Oc1ccccc1)c1ccccc1)C2. The van der Waals surface area contributed by atoms with Crippen molar-refractivity contribution in [1.29, 1.82) is 0 Å². The van der Waals surface area contributed by atoms with E-state index < -0.39 is 24.0 Å². The summed E-state index contributed by atoms with van der Waals surface area (Å²) >= 11 is 0. The molecule has 0 saturated carbocycles. The van der Waals surface area contributed by atoms with Crippen LogP contribution in [0.5, 0.6) is 17.2 Å². The lowest BCUT2D eigenvalue weighted by atomic mass is 9.91. The van der Waals surface area contributed by atoms with E-state index in [9.17, 15) is 14.7 Å². The van der Waals surface area contributed by atoms with E-state index in [4.69, 9.17) is 14.2 Å². The van der Waals surface area contributed by atoms with Crippen molar-refractivity contribution in [2.45, 2.75) is 31.7 Å². The minimum atomic E-state index is -1.11. The van der Waals surface area contributed by atoms with Gasteiger partial charge in [-0.2, -0.15) is 0 Å². The topological polar surface area (TPSA) is 85.3 Å². The zero-order valence-electron chi connectivity index (χ0n) is 21.5. The van der Waals surface area contributed by atoms with Gasteiger partial charge in [0.15, 0.2) is 11.5 Å². The van der Waals surface area contributed by atoms with E-state index in [1.54, 1.807) is 37.4 Å². The number of carbonyl (C=O) groups excluding carboxylic acids is 1. The molecule has 198 valence electrons. The van der Waals surface area contributed by atoms with E-state index in [2.05, 4.69) is 0 Å². The first-order valence-corrected chi connectivity index (χ1v) is 12.7. The monoisotopic (exact) mass is 523 g/mol. The molecule has 1 aliphatic rings.